The van der Waals surface area contributed by atoms with E-state index in [2.05, 4.69) is 19.9 Å². The number of nitrogens with one attached hydrogen (secondary N) is 1. The fraction of sp³-hybridized carbons (Fsp3) is 0.750. The summed E-state index contributed by atoms with van der Waals surface area (Å²) in [5.74, 6) is 0. The lowest BCUT2D eigenvalue weighted by molar-refractivity contribution is 0.250. The van der Waals surface area contributed by atoms with Crippen LogP contribution in [-0.4, -0.2) is 12.4 Å². The molecule has 19 heteroatoms. The fourth-order valence-corrected chi connectivity index (χ4v) is 10.5. The highest BCUT2D eigenvalue weighted by Gasteiger charge is 2.40. The minimum absolute atomic E-state index is 0.694. The van der Waals surface area contributed by atoms with Crippen molar-refractivity contribution in [3.63, 3.8) is 0 Å². The van der Waals surface area contributed by atoms with Crippen LogP contribution >= 0.6 is 38.7 Å². The first-order valence-electron chi connectivity index (χ1n) is 5.29. The average Bonchev–Trinajstić information content (AvgIpc) is 2.01. The lowest BCUT2D eigenvalue weighted by atomic mass is 10.5. The summed E-state index contributed by atoms with van der Waals surface area (Å²) in [5.41, 5.74) is 0. The van der Waals surface area contributed by atoms with E-state index in [1.165, 1.54) is 0 Å². The molecule has 138 valence electrons. The molecule has 2 unspecified atom stereocenters. The minimum atomic E-state index is -6.58. The van der Waals surface area contributed by atoms with Gasteiger partial charge in [-0.15, -0.1) is 30.3 Å². The van der Waals surface area contributed by atoms with Crippen molar-refractivity contribution in [2.75, 3.05) is 0 Å². The Morgan fingerprint density at radius 2 is 1.30 bits per heavy atom. The molecule has 0 radical (unpaired) electrons. The summed E-state index contributed by atoms with van der Waals surface area (Å²) in [6.45, 7) is 2.26. The van der Waals surface area contributed by atoms with Crippen LogP contribution in [0, 0.1) is 0 Å². The van der Waals surface area contributed by atoms with E-state index in [1.54, 1.807) is 9.03 Å². The topological polar surface area (TPSA) is 70.7 Å². The van der Waals surface area contributed by atoms with E-state index >= 15 is 0 Å². The molecule has 0 saturated heterocycles. The van der Waals surface area contributed by atoms with Gasteiger partial charge in [-0.2, -0.15) is 26.2 Å². The molecule has 1 rings (SSSR count). The van der Waals surface area contributed by atoms with Crippen molar-refractivity contribution in [3.8, 4) is 0 Å². The normalized spacial score (nSPS) is 36.1. The second-order valence-electron chi connectivity index (χ2n) is 4.16. The number of nitrogens with zero attached hydrogens (tertiary/aromatic N) is 4. The van der Waals surface area contributed by atoms with Crippen LogP contribution in [0.15, 0.2) is 18.1 Å². The number of hydrogen-bond acceptors (Lipinski definition) is 6. The van der Waals surface area contributed by atoms with Crippen LogP contribution in [0.25, 0.3) is 0 Å². The first kappa shape index (κ1) is 21.6. The first-order valence-corrected chi connectivity index (χ1v) is 13.1. The monoisotopic (exact) mass is 451 g/mol. The molecule has 1 aliphatic rings. The molecule has 1 heterocycles. The molecule has 0 saturated carbocycles. The molecular formula is C4H10F8N5OP5. The molecule has 0 aromatic heterocycles. The third kappa shape index (κ3) is 7.55. The molecule has 0 bridgehead atoms. The smallest absolute Gasteiger partial charge is 0.300 e. The summed E-state index contributed by atoms with van der Waals surface area (Å²) in [6, 6.07) is 0. The van der Waals surface area contributed by atoms with Gasteiger partial charge in [0, 0.05) is 0 Å². The Labute approximate surface area is 127 Å². The van der Waals surface area contributed by atoms with E-state index in [1.807, 2.05) is 0 Å². The predicted molar refractivity (Wildman–Crippen MR) is 79.7 cm³/mol. The summed E-state index contributed by atoms with van der Waals surface area (Å²) in [5, 5.41) is 0. The van der Waals surface area contributed by atoms with Crippen molar-refractivity contribution in [3.05, 3.63) is 0 Å². The Morgan fingerprint density at radius 3 is 1.78 bits per heavy atom. The first-order chi connectivity index (χ1) is 9.95. The molecule has 0 spiro atoms. The van der Waals surface area contributed by atoms with E-state index in [4.69, 9.17) is 0 Å². The number of halogens is 8. The Kier molecular flexibility index (Phi) is 6.31. The average molecular weight is 451 g/mol. The van der Waals surface area contributed by atoms with Crippen molar-refractivity contribution in [2.45, 2.75) is 20.0 Å². The molecule has 0 aromatic rings. The summed E-state index contributed by atoms with van der Waals surface area (Å²) in [7, 11) is -30.2. The van der Waals surface area contributed by atoms with Crippen LogP contribution in [-0.2, 0) is 4.52 Å². The molecule has 1 aliphatic heterocycles. The van der Waals surface area contributed by atoms with Gasteiger partial charge in [0.1, 0.15) is 0 Å². The molecular weight excluding hydrogens is 441 g/mol. The zero-order chi connectivity index (χ0) is 18.3. The van der Waals surface area contributed by atoms with Crippen molar-refractivity contribution in [2.24, 2.45) is 18.1 Å². The van der Waals surface area contributed by atoms with Gasteiger partial charge in [-0.05, 0) is 20.1 Å². The Morgan fingerprint density at radius 1 is 0.826 bits per heavy atom. The summed E-state index contributed by atoms with van der Waals surface area (Å²) in [6.07, 6.45) is 1.34. The lowest BCUT2D eigenvalue weighted by Gasteiger charge is -2.20. The van der Waals surface area contributed by atoms with Gasteiger partial charge in [-0.1, -0.05) is 0 Å². The second-order valence-corrected chi connectivity index (χ2v) is 13.1. The number of rotatable bonds is 2. The SMILES string of the molecule is C=P1(F)N=P(F)(OC(C)C)N=P(F)(F)N=P(F)(F)N=P(F)(F)N1. The van der Waals surface area contributed by atoms with Crippen LogP contribution in [0.1, 0.15) is 13.8 Å². The van der Waals surface area contributed by atoms with Gasteiger partial charge >= 0.3 is 31.2 Å². The predicted octanol–water partition coefficient (Wildman–Crippen LogP) is 8.75. The largest absolute Gasteiger partial charge is 0.425 e. The maximum atomic E-state index is 14.3. The molecule has 0 aliphatic carbocycles. The van der Waals surface area contributed by atoms with E-state index < -0.39 is 44.8 Å². The lowest BCUT2D eigenvalue weighted by Crippen LogP contribution is -2.00. The molecule has 2 atom stereocenters. The second kappa shape index (κ2) is 6.71. The zero-order valence-corrected chi connectivity index (χ0v) is 15.7. The standard InChI is InChI=1S/C4H10F8N5OP5/c1-4(2)18-23(12)14-19(3,5)13-20(6,7)15-21(8,9)16-22(10,11)17-23/h4,13H,3H2,1-2H3. The van der Waals surface area contributed by atoms with Crippen molar-refractivity contribution >= 4 is 45.0 Å². The van der Waals surface area contributed by atoms with Gasteiger partial charge in [-0.3, -0.25) is 0 Å². The molecule has 1 N–H and O–H groups in total. The van der Waals surface area contributed by atoms with Gasteiger partial charge in [0.25, 0.3) is 0 Å². The van der Waals surface area contributed by atoms with Crippen molar-refractivity contribution < 1.29 is 38.1 Å². The molecule has 0 amide bonds. The van der Waals surface area contributed by atoms with Gasteiger partial charge in [0.2, 0.25) is 7.50 Å². The quantitative estimate of drug-likeness (QED) is 0.337. The maximum absolute atomic E-state index is 14.3. The Hall–Kier alpha value is 0.580. The summed E-state index contributed by atoms with van der Waals surface area (Å²) < 4.78 is 120. The highest BCUT2D eigenvalue weighted by Crippen LogP contribution is 2.80. The molecule has 0 aromatic carbocycles. The van der Waals surface area contributed by atoms with Gasteiger partial charge in [0.05, 0.1) is 6.10 Å². The summed E-state index contributed by atoms with van der Waals surface area (Å²) >= 11 is 0. The van der Waals surface area contributed by atoms with Crippen molar-refractivity contribution in [1.29, 1.82) is 0 Å². The van der Waals surface area contributed by atoms with Gasteiger partial charge < -0.3 is 4.52 Å². The van der Waals surface area contributed by atoms with Crippen LogP contribution in [0.3, 0.4) is 0 Å². The summed E-state index contributed by atoms with van der Waals surface area (Å²) in [4.78, 5) is 0.694. The highest BCUT2D eigenvalue weighted by atomic mass is 31.3. The minimum Gasteiger partial charge on any atom is -0.300 e. The van der Waals surface area contributed by atoms with Crippen LogP contribution < -0.4 is 4.86 Å². The fourth-order valence-electron chi connectivity index (χ4n) is 1.16. The maximum Gasteiger partial charge on any atom is 0.425 e. The highest BCUT2D eigenvalue weighted by molar-refractivity contribution is 7.83. The third-order valence-electron chi connectivity index (χ3n) is 1.52. The zero-order valence-electron chi connectivity index (χ0n) is 11.2. The molecule has 23 heavy (non-hydrogen) atoms. The molecule has 0 fully saturated rings. The van der Waals surface area contributed by atoms with E-state index in [0.717, 1.165) is 13.8 Å². The van der Waals surface area contributed by atoms with E-state index in [9.17, 15) is 33.6 Å². The third-order valence-corrected chi connectivity index (χ3v) is 11.6. The van der Waals surface area contributed by atoms with Gasteiger partial charge in [-0.25, -0.2) is 0 Å². The van der Waals surface area contributed by atoms with E-state index in [-0.39, 0.29) is 0 Å². The van der Waals surface area contributed by atoms with Crippen LogP contribution in [0.4, 0.5) is 33.6 Å². The van der Waals surface area contributed by atoms with Gasteiger partial charge in [0.15, 0.2) is 0 Å². The molecule has 6 nitrogen and oxygen atoms in total. The van der Waals surface area contributed by atoms with Crippen LogP contribution in [0.5, 0.6) is 0 Å². The van der Waals surface area contributed by atoms with E-state index in [0.29, 0.717) is 4.86 Å². The Balaban J connectivity index is 3.83. The number of hydrogen-bond donors (Lipinski definition) is 1. The van der Waals surface area contributed by atoms with Crippen LogP contribution in [0.2, 0.25) is 0 Å². The van der Waals surface area contributed by atoms with Crippen molar-refractivity contribution in [1.82, 2.24) is 4.86 Å². The Bertz CT molecular complexity index is 744.